The number of ether oxygens (including phenoxy) is 1. The largest absolute Gasteiger partial charge is 0.467 e. The summed E-state index contributed by atoms with van der Waals surface area (Å²) < 4.78 is 5.00. The molecule has 1 aromatic heterocycles. The lowest BCUT2D eigenvalue weighted by atomic mass is 10.1. The molecule has 0 radical (unpaired) electrons. The average molecular weight is 396 g/mol. The monoisotopic (exact) mass is 396 g/mol. The number of nitrogens with zero attached hydrogens (tertiary/aromatic N) is 3. The summed E-state index contributed by atoms with van der Waals surface area (Å²) in [6, 6.07) is 25.9. The second-order valence-electron chi connectivity index (χ2n) is 6.57. The summed E-state index contributed by atoms with van der Waals surface area (Å²) in [4.78, 5) is 16.8. The van der Waals surface area contributed by atoms with Crippen molar-refractivity contribution in [3.05, 3.63) is 96.8 Å². The highest BCUT2D eigenvalue weighted by Gasteiger charge is 2.24. The maximum absolute atomic E-state index is 12.5. The van der Waals surface area contributed by atoms with Gasteiger partial charge in [-0.2, -0.15) is 5.11 Å². The highest BCUT2D eigenvalue weighted by atomic mass is 16.5. The molecular weight excluding hydrogens is 376 g/mol. The van der Waals surface area contributed by atoms with Crippen molar-refractivity contribution in [3.8, 4) is 0 Å². The molecule has 0 aliphatic carbocycles. The van der Waals surface area contributed by atoms with Crippen molar-refractivity contribution in [2.24, 2.45) is 10.2 Å². The van der Waals surface area contributed by atoms with E-state index in [0.717, 1.165) is 16.5 Å². The molecule has 4 rings (SSSR count). The fraction of sp³-hybridized carbons (Fsp3) is 0.0833. The van der Waals surface area contributed by atoms with E-state index in [4.69, 9.17) is 4.74 Å². The van der Waals surface area contributed by atoms with Gasteiger partial charge in [0.15, 0.2) is 6.04 Å². The van der Waals surface area contributed by atoms with Gasteiger partial charge in [-0.05, 0) is 35.7 Å². The molecule has 0 saturated carbocycles. The van der Waals surface area contributed by atoms with Gasteiger partial charge in [-0.3, -0.25) is 4.98 Å². The third-order valence-electron chi connectivity index (χ3n) is 4.64. The summed E-state index contributed by atoms with van der Waals surface area (Å²) >= 11 is 0. The van der Waals surface area contributed by atoms with E-state index in [2.05, 4.69) is 20.5 Å². The lowest BCUT2D eigenvalue weighted by Gasteiger charge is -2.19. The topological polar surface area (TPSA) is 75.9 Å². The van der Waals surface area contributed by atoms with Gasteiger partial charge in [0.1, 0.15) is 5.69 Å². The number of anilines is 1. The molecule has 0 fully saturated rings. The first kappa shape index (κ1) is 19.3. The number of carbonyl (C=O) groups is 1. The van der Waals surface area contributed by atoms with Gasteiger partial charge in [0, 0.05) is 11.6 Å². The Balaban J connectivity index is 1.79. The lowest BCUT2D eigenvalue weighted by Crippen LogP contribution is -2.23. The van der Waals surface area contributed by atoms with E-state index in [1.807, 2.05) is 72.8 Å². The number of aromatic nitrogens is 1. The average Bonchev–Trinajstić information content (AvgIpc) is 2.82. The summed E-state index contributed by atoms with van der Waals surface area (Å²) in [7, 11) is 1.36. The van der Waals surface area contributed by atoms with Gasteiger partial charge >= 0.3 is 5.97 Å². The van der Waals surface area contributed by atoms with Crippen molar-refractivity contribution in [3.63, 3.8) is 0 Å². The first-order valence-electron chi connectivity index (χ1n) is 9.50. The Bertz CT molecular complexity index is 1180. The standard InChI is InChI=1S/C24H20N4O2/c1-30-24(29)23(20-13-7-8-16-25-20)26-21-15-14-17-9-5-6-12-19(17)22(21)28-27-18-10-3-2-4-11-18/h2-16,23,26H,1H3. The summed E-state index contributed by atoms with van der Waals surface area (Å²) in [5.41, 5.74) is 2.60. The van der Waals surface area contributed by atoms with E-state index < -0.39 is 12.0 Å². The SMILES string of the molecule is COC(=O)C(Nc1ccc2ccccc2c1N=Nc1ccccc1)c1ccccn1. The third kappa shape index (κ3) is 4.17. The second kappa shape index (κ2) is 8.96. The van der Waals surface area contributed by atoms with E-state index in [1.54, 1.807) is 18.3 Å². The van der Waals surface area contributed by atoms with Gasteiger partial charge < -0.3 is 10.1 Å². The number of esters is 1. The van der Waals surface area contributed by atoms with Crippen molar-refractivity contribution < 1.29 is 9.53 Å². The van der Waals surface area contributed by atoms with Crippen molar-refractivity contribution in [2.75, 3.05) is 12.4 Å². The Morgan fingerprint density at radius 1 is 0.900 bits per heavy atom. The fourth-order valence-electron chi connectivity index (χ4n) is 3.16. The molecule has 0 aliphatic rings. The molecular formula is C24H20N4O2. The van der Waals surface area contributed by atoms with Crippen LogP contribution in [0.3, 0.4) is 0 Å². The second-order valence-corrected chi connectivity index (χ2v) is 6.57. The Kier molecular flexibility index (Phi) is 5.75. The van der Waals surface area contributed by atoms with Crippen LogP contribution >= 0.6 is 0 Å². The van der Waals surface area contributed by atoms with Crippen molar-refractivity contribution in [1.82, 2.24) is 4.98 Å². The number of rotatable bonds is 6. The molecule has 1 heterocycles. The van der Waals surface area contributed by atoms with E-state index in [1.165, 1.54) is 7.11 Å². The van der Waals surface area contributed by atoms with Gasteiger partial charge in [0.25, 0.3) is 0 Å². The van der Waals surface area contributed by atoms with Crippen LogP contribution < -0.4 is 5.32 Å². The van der Waals surface area contributed by atoms with Crippen molar-refractivity contribution >= 4 is 33.8 Å². The zero-order valence-electron chi connectivity index (χ0n) is 16.4. The van der Waals surface area contributed by atoms with Gasteiger partial charge in [-0.25, -0.2) is 4.79 Å². The highest BCUT2D eigenvalue weighted by molar-refractivity contribution is 5.99. The summed E-state index contributed by atoms with van der Waals surface area (Å²) in [6.45, 7) is 0. The van der Waals surface area contributed by atoms with Crippen LogP contribution in [-0.4, -0.2) is 18.1 Å². The minimum Gasteiger partial charge on any atom is -0.467 e. The Labute approximate surface area is 174 Å². The number of hydrogen-bond donors (Lipinski definition) is 1. The van der Waals surface area contributed by atoms with Crippen LogP contribution in [-0.2, 0) is 9.53 Å². The number of hydrogen-bond acceptors (Lipinski definition) is 6. The van der Waals surface area contributed by atoms with Crippen molar-refractivity contribution in [2.45, 2.75) is 6.04 Å². The predicted molar refractivity (Wildman–Crippen MR) is 117 cm³/mol. The summed E-state index contributed by atoms with van der Waals surface area (Å²) in [5.74, 6) is -0.437. The van der Waals surface area contributed by atoms with Crippen LogP contribution in [0.2, 0.25) is 0 Å². The quantitative estimate of drug-likeness (QED) is 0.321. The van der Waals surface area contributed by atoms with Gasteiger partial charge in [-0.15, -0.1) is 5.11 Å². The number of carbonyl (C=O) groups excluding carboxylic acids is 1. The van der Waals surface area contributed by atoms with Gasteiger partial charge in [0.2, 0.25) is 0 Å². The highest BCUT2D eigenvalue weighted by Crippen LogP contribution is 2.37. The molecule has 6 heteroatoms. The molecule has 0 spiro atoms. The van der Waals surface area contributed by atoms with Crippen LogP contribution in [0.25, 0.3) is 10.8 Å². The number of benzene rings is 3. The molecule has 1 N–H and O–H groups in total. The smallest absolute Gasteiger partial charge is 0.334 e. The molecule has 0 aliphatic heterocycles. The van der Waals surface area contributed by atoms with Crippen LogP contribution in [0.4, 0.5) is 17.1 Å². The molecule has 6 nitrogen and oxygen atoms in total. The molecule has 1 atom stereocenters. The summed E-state index contributed by atoms with van der Waals surface area (Å²) in [5, 5.41) is 14.1. The number of pyridine rings is 1. The van der Waals surface area contributed by atoms with Crippen LogP contribution in [0.15, 0.2) is 101 Å². The van der Waals surface area contributed by atoms with E-state index in [0.29, 0.717) is 17.1 Å². The predicted octanol–water partition coefficient (Wildman–Crippen LogP) is 5.98. The molecule has 30 heavy (non-hydrogen) atoms. The maximum atomic E-state index is 12.5. The fourth-order valence-corrected chi connectivity index (χ4v) is 3.16. The molecule has 148 valence electrons. The van der Waals surface area contributed by atoms with Crippen LogP contribution in [0, 0.1) is 0 Å². The minimum absolute atomic E-state index is 0.437. The maximum Gasteiger partial charge on any atom is 0.334 e. The van der Waals surface area contributed by atoms with E-state index in [-0.39, 0.29) is 0 Å². The molecule has 0 bridgehead atoms. The van der Waals surface area contributed by atoms with E-state index >= 15 is 0 Å². The number of fused-ring (bicyclic) bond motifs is 1. The molecule has 3 aromatic carbocycles. The lowest BCUT2D eigenvalue weighted by molar-refractivity contribution is -0.141. The van der Waals surface area contributed by atoms with Crippen molar-refractivity contribution in [1.29, 1.82) is 0 Å². The Hall–Kier alpha value is -4.06. The molecule has 4 aromatic rings. The van der Waals surface area contributed by atoms with Gasteiger partial charge in [-0.1, -0.05) is 54.6 Å². The molecule has 0 saturated heterocycles. The van der Waals surface area contributed by atoms with Crippen LogP contribution in [0.5, 0.6) is 0 Å². The molecule has 1 unspecified atom stereocenters. The number of nitrogens with one attached hydrogen (secondary N) is 1. The Morgan fingerprint density at radius 3 is 2.43 bits per heavy atom. The first-order valence-corrected chi connectivity index (χ1v) is 9.50. The van der Waals surface area contributed by atoms with Gasteiger partial charge in [0.05, 0.1) is 24.2 Å². The third-order valence-corrected chi connectivity index (χ3v) is 4.64. The minimum atomic E-state index is -0.775. The number of azo groups is 1. The zero-order valence-corrected chi connectivity index (χ0v) is 16.4. The zero-order chi connectivity index (χ0) is 20.8. The Morgan fingerprint density at radius 2 is 1.67 bits per heavy atom. The molecule has 0 amide bonds. The number of methoxy groups -OCH3 is 1. The normalized spacial score (nSPS) is 12.0. The summed E-state index contributed by atoms with van der Waals surface area (Å²) in [6.07, 6.45) is 1.64. The first-order chi connectivity index (χ1) is 14.8. The van der Waals surface area contributed by atoms with E-state index in [9.17, 15) is 4.79 Å². The van der Waals surface area contributed by atoms with Crippen LogP contribution in [0.1, 0.15) is 11.7 Å².